The maximum atomic E-state index is 13.4. The Labute approximate surface area is 144 Å². The fourth-order valence-corrected chi connectivity index (χ4v) is 3.54. The molecule has 1 aromatic rings. The molecule has 3 fully saturated rings. The molecule has 3 saturated heterocycles. The van der Waals surface area contributed by atoms with Crippen molar-refractivity contribution in [1.29, 1.82) is 0 Å². The summed E-state index contributed by atoms with van der Waals surface area (Å²) in [5, 5.41) is 3.35. The van der Waals surface area contributed by atoms with E-state index in [1.165, 1.54) is 19.2 Å². The molecule has 1 aromatic carbocycles. The summed E-state index contributed by atoms with van der Waals surface area (Å²) in [6.45, 7) is 10.2. The van der Waals surface area contributed by atoms with Gasteiger partial charge in [0.05, 0.1) is 6.54 Å². The van der Waals surface area contributed by atoms with Gasteiger partial charge >= 0.3 is 0 Å². The summed E-state index contributed by atoms with van der Waals surface area (Å²) in [4.78, 5) is 12.0. The van der Waals surface area contributed by atoms with E-state index in [1.807, 2.05) is 13.1 Å². The van der Waals surface area contributed by atoms with E-state index in [0.717, 1.165) is 44.2 Å². The zero-order valence-corrected chi connectivity index (χ0v) is 14.7. The van der Waals surface area contributed by atoms with Crippen molar-refractivity contribution in [2.24, 2.45) is 4.99 Å². The van der Waals surface area contributed by atoms with Crippen LogP contribution in [0.3, 0.4) is 0 Å². The van der Waals surface area contributed by atoms with Crippen LogP contribution in [0.2, 0.25) is 0 Å². The number of benzene rings is 1. The number of hydrogen-bond acceptors (Lipinski definition) is 3. The van der Waals surface area contributed by atoms with Gasteiger partial charge in [-0.05, 0) is 24.6 Å². The SMILES string of the molecule is CCNC(=NCC1CN2CCN1CC2)N(C)Cc1cccc(F)c1. The van der Waals surface area contributed by atoms with Crippen LogP contribution in [0.5, 0.6) is 0 Å². The first kappa shape index (κ1) is 17.2. The number of rotatable bonds is 5. The Kier molecular flexibility index (Phi) is 5.68. The number of hydrogen-bond donors (Lipinski definition) is 1. The summed E-state index contributed by atoms with van der Waals surface area (Å²) >= 11 is 0. The molecule has 3 heterocycles. The first-order valence-electron chi connectivity index (χ1n) is 8.86. The van der Waals surface area contributed by atoms with Gasteiger partial charge in [0.15, 0.2) is 5.96 Å². The Bertz CT molecular complexity index is 568. The van der Waals surface area contributed by atoms with Gasteiger partial charge in [-0.1, -0.05) is 12.1 Å². The summed E-state index contributed by atoms with van der Waals surface area (Å²) in [6.07, 6.45) is 0. The Hall–Kier alpha value is -1.66. The molecule has 3 aliphatic rings. The standard InChI is InChI=1S/C18H28FN5/c1-3-20-18(22(2)13-15-5-4-6-16(19)11-15)21-12-17-14-23-7-9-24(17)10-8-23/h4-6,11,17H,3,7-10,12-14H2,1-2H3,(H,20,21). The van der Waals surface area contributed by atoms with Crippen molar-refractivity contribution in [3.63, 3.8) is 0 Å². The van der Waals surface area contributed by atoms with Crippen LogP contribution in [0.15, 0.2) is 29.3 Å². The predicted molar refractivity (Wildman–Crippen MR) is 95.6 cm³/mol. The van der Waals surface area contributed by atoms with Crippen molar-refractivity contribution < 1.29 is 4.39 Å². The van der Waals surface area contributed by atoms with Crippen molar-refractivity contribution in [3.8, 4) is 0 Å². The molecular weight excluding hydrogens is 305 g/mol. The fraction of sp³-hybridized carbons (Fsp3) is 0.611. The molecule has 24 heavy (non-hydrogen) atoms. The number of fused-ring (bicyclic) bond motifs is 3. The topological polar surface area (TPSA) is 34.1 Å². The maximum Gasteiger partial charge on any atom is 0.194 e. The molecule has 0 aromatic heterocycles. The summed E-state index contributed by atoms with van der Waals surface area (Å²) in [5.41, 5.74) is 0.953. The number of piperazine rings is 3. The first-order valence-corrected chi connectivity index (χ1v) is 8.86. The molecular formula is C18H28FN5. The van der Waals surface area contributed by atoms with E-state index < -0.39 is 0 Å². The number of nitrogens with one attached hydrogen (secondary N) is 1. The molecule has 1 unspecified atom stereocenters. The number of aliphatic imine (C=N–C) groups is 1. The van der Waals surface area contributed by atoms with E-state index in [4.69, 9.17) is 4.99 Å². The molecule has 0 saturated carbocycles. The highest BCUT2D eigenvalue weighted by molar-refractivity contribution is 5.79. The summed E-state index contributed by atoms with van der Waals surface area (Å²) < 4.78 is 13.4. The zero-order chi connectivity index (χ0) is 16.9. The zero-order valence-electron chi connectivity index (χ0n) is 14.7. The van der Waals surface area contributed by atoms with Gasteiger partial charge < -0.3 is 10.2 Å². The van der Waals surface area contributed by atoms with Crippen LogP contribution < -0.4 is 5.32 Å². The summed E-state index contributed by atoms with van der Waals surface area (Å²) in [6, 6.07) is 7.28. The lowest BCUT2D eigenvalue weighted by Crippen LogP contribution is -2.62. The molecule has 0 amide bonds. The third-order valence-electron chi connectivity index (χ3n) is 4.85. The van der Waals surface area contributed by atoms with Gasteiger partial charge in [0.25, 0.3) is 0 Å². The molecule has 132 valence electrons. The monoisotopic (exact) mass is 333 g/mol. The van der Waals surface area contributed by atoms with Gasteiger partial charge in [0.1, 0.15) is 5.82 Å². The molecule has 2 bridgehead atoms. The van der Waals surface area contributed by atoms with Gasteiger partial charge in [-0.15, -0.1) is 0 Å². The Balaban J connectivity index is 1.62. The highest BCUT2D eigenvalue weighted by Crippen LogP contribution is 2.16. The second-order valence-corrected chi connectivity index (χ2v) is 6.67. The van der Waals surface area contributed by atoms with Crippen LogP contribution in [0.1, 0.15) is 12.5 Å². The van der Waals surface area contributed by atoms with E-state index in [9.17, 15) is 4.39 Å². The number of halogens is 1. The average Bonchev–Trinajstić information content (AvgIpc) is 2.59. The van der Waals surface area contributed by atoms with E-state index in [2.05, 4.69) is 26.9 Å². The Morgan fingerprint density at radius 1 is 1.33 bits per heavy atom. The van der Waals surface area contributed by atoms with Crippen molar-refractivity contribution in [3.05, 3.63) is 35.6 Å². The van der Waals surface area contributed by atoms with Crippen molar-refractivity contribution >= 4 is 5.96 Å². The minimum Gasteiger partial charge on any atom is -0.357 e. The van der Waals surface area contributed by atoms with Gasteiger partial charge in [-0.25, -0.2) is 4.39 Å². The quantitative estimate of drug-likeness (QED) is 0.649. The number of nitrogens with zero attached hydrogens (tertiary/aromatic N) is 4. The smallest absolute Gasteiger partial charge is 0.194 e. The first-order chi connectivity index (χ1) is 11.7. The van der Waals surface area contributed by atoms with E-state index >= 15 is 0 Å². The maximum absolute atomic E-state index is 13.4. The van der Waals surface area contributed by atoms with Gasteiger partial charge in [-0.2, -0.15) is 0 Å². The van der Waals surface area contributed by atoms with Crippen LogP contribution in [0.25, 0.3) is 0 Å². The second kappa shape index (κ2) is 7.94. The Morgan fingerprint density at radius 2 is 2.12 bits per heavy atom. The molecule has 1 atom stereocenters. The third-order valence-corrected chi connectivity index (χ3v) is 4.85. The van der Waals surface area contributed by atoms with Crippen molar-refractivity contribution in [2.45, 2.75) is 19.5 Å². The highest BCUT2D eigenvalue weighted by atomic mass is 19.1. The third kappa shape index (κ3) is 4.24. The molecule has 3 aliphatic heterocycles. The summed E-state index contributed by atoms with van der Waals surface area (Å²) in [5.74, 6) is 0.697. The highest BCUT2D eigenvalue weighted by Gasteiger charge is 2.31. The van der Waals surface area contributed by atoms with Crippen LogP contribution in [0.4, 0.5) is 4.39 Å². The van der Waals surface area contributed by atoms with Crippen LogP contribution >= 0.6 is 0 Å². The van der Waals surface area contributed by atoms with Gasteiger partial charge in [0, 0.05) is 58.9 Å². The largest absolute Gasteiger partial charge is 0.357 e. The minimum atomic E-state index is -0.192. The van der Waals surface area contributed by atoms with Gasteiger partial charge in [0.2, 0.25) is 0 Å². The fourth-order valence-electron chi connectivity index (χ4n) is 3.54. The molecule has 5 nitrogen and oxygen atoms in total. The molecule has 1 N–H and O–H groups in total. The van der Waals surface area contributed by atoms with Crippen molar-refractivity contribution in [1.82, 2.24) is 20.0 Å². The molecule has 0 spiro atoms. The normalized spacial score (nSPS) is 26.5. The van der Waals surface area contributed by atoms with E-state index in [-0.39, 0.29) is 5.82 Å². The van der Waals surface area contributed by atoms with E-state index in [0.29, 0.717) is 12.6 Å². The summed E-state index contributed by atoms with van der Waals surface area (Å²) in [7, 11) is 2.00. The lowest BCUT2D eigenvalue weighted by atomic mass is 10.1. The van der Waals surface area contributed by atoms with Crippen LogP contribution in [0, 0.1) is 5.82 Å². The van der Waals surface area contributed by atoms with Crippen molar-refractivity contribution in [2.75, 3.05) is 52.9 Å². The molecule has 6 heteroatoms. The van der Waals surface area contributed by atoms with Crippen LogP contribution in [-0.4, -0.2) is 79.6 Å². The molecule has 0 radical (unpaired) electrons. The van der Waals surface area contributed by atoms with E-state index in [1.54, 1.807) is 12.1 Å². The van der Waals surface area contributed by atoms with Crippen LogP contribution in [-0.2, 0) is 6.54 Å². The lowest BCUT2D eigenvalue weighted by molar-refractivity contribution is 0.0173. The Morgan fingerprint density at radius 3 is 2.75 bits per heavy atom. The molecule has 4 rings (SSSR count). The average molecular weight is 333 g/mol. The molecule has 0 aliphatic carbocycles. The number of guanidine groups is 1. The second-order valence-electron chi connectivity index (χ2n) is 6.67. The minimum absolute atomic E-state index is 0.192. The predicted octanol–water partition coefficient (Wildman–Crippen LogP) is 1.22. The van der Waals surface area contributed by atoms with Gasteiger partial charge in [-0.3, -0.25) is 14.8 Å². The lowest BCUT2D eigenvalue weighted by Gasteiger charge is -2.47.